The van der Waals surface area contributed by atoms with Crippen molar-refractivity contribution in [1.29, 1.82) is 0 Å². The molecule has 0 aliphatic rings. The van der Waals surface area contributed by atoms with Gasteiger partial charge in [0.2, 0.25) is 0 Å². The smallest absolute Gasteiger partial charge is 0.397 e. The first-order valence-electron chi connectivity index (χ1n) is 5.34. The minimum atomic E-state index is -8.08. The molecule has 2 nitrogen and oxygen atoms in total. The van der Waals surface area contributed by atoms with E-state index in [4.69, 9.17) is 0 Å². The highest BCUT2D eigenvalue weighted by atomic mass is 19.4. The Morgan fingerprint density at radius 2 is 0.630 bits per heavy atom. The van der Waals surface area contributed by atoms with Crippen molar-refractivity contribution < 1.29 is 79.7 Å². The molecule has 0 heterocycles. The maximum Gasteiger partial charge on any atom is 0.472 e. The maximum absolute atomic E-state index is 13.0. The highest BCUT2D eigenvalue weighted by Gasteiger charge is 2.89. The monoisotopic (exact) mass is 444 g/mol. The third-order valence-electron chi connectivity index (χ3n) is 2.25. The van der Waals surface area contributed by atoms with E-state index >= 15 is 0 Å². The Kier molecular flexibility index (Phi) is 6.63. The highest BCUT2D eigenvalue weighted by molar-refractivity contribution is 5.06. The SMILES string of the molecule is FC(F)=C(F)OC(F)(F)C(F)(F)C(F)(F)C(F)(F)C(F)(F)OC(F)=C(F)F. The Bertz CT molecular complexity index is 559. The molecule has 0 aromatic carbocycles. The summed E-state index contributed by atoms with van der Waals surface area (Å²) in [6, 6.07) is -7.95. The van der Waals surface area contributed by atoms with E-state index in [1.165, 1.54) is 0 Å². The number of halogens is 16. The molecule has 0 amide bonds. The van der Waals surface area contributed by atoms with E-state index in [0.29, 0.717) is 0 Å². The van der Waals surface area contributed by atoms with Gasteiger partial charge in [-0.2, -0.15) is 70.2 Å². The van der Waals surface area contributed by atoms with Crippen LogP contribution in [-0.4, -0.2) is 30.0 Å². The molecule has 0 rings (SSSR count). The van der Waals surface area contributed by atoms with Gasteiger partial charge in [0.25, 0.3) is 0 Å². The fourth-order valence-corrected chi connectivity index (χ4v) is 0.993. The second-order valence-corrected chi connectivity index (χ2v) is 4.03. The van der Waals surface area contributed by atoms with Crippen LogP contribution in [0.25, 0.3) is 0 Å². The summed E-state index contributed by atoms with van der Waals surface area (Å²) in [6.07, 6.45) is -22.6. The molecule has 0 aromatic heterocycles. The standard InChI is InChI=1S/C9F16O2/c10-1(11)3(14)26-8(22,23)6(18,19)5(16,17)7(20,21)9(24,25)27-4(15)2(12)13. The maximum atomic E-state index is 13.0. The van der Waals surface area contributed by atoms with Gasteiger partial charge in [-0.3, -0.25) is 0 Å². The van der Waals surface area contributed by atoms with Crippen molar-refractivity contribution in [1.82, 2.24) is 0 Å². The third kappa shape index (κ3) is 4.28. The minimum absolute atomic E-state index is 1.75. The Labute approximate surface area is 135 Å². The summed E-state index contributed by atoms with van der Waals surface area (Å²) < 4.78 is 202. The fraction of sp³-hybridized carbons (Fsp3) is 0.556. The number of rotatable bonds is 8. The van der Waals surface area contributed by atoms with Gasteiger partial charge in [0.15, 0.2) is 0 Å². The lowest BCUT2D eigenvalue weighted by Gasteiger charge is -2.37. The molecule has 0 atom stereocenters. The summed E-state index contributed by atoms with van der Waals surface area (Å²) in [4.78, 5) is 0. The van der Waals surface area contributed by atoms with Crippen LogP contribution in [-0.2, 0) is 9.47 Å². The van der Waals surface area contributed by atoms with Crippen molar-refractivity contribution in [2.24, 2.45) is 0 Å². The van der Waals surface area contributed by atoms with Gasteiger partial charge in [-0.1, -0.05) is 0 Å². The largest absolute Gasteiger partial charge is 0.472 e. The molecule has 160 valence electrons. The van der Waals surface area contributed by atoms with E-state index in [-0.39, 0.29) is 0 Å². The van der Waals surface area contributed by atoms with Crippen molar-refractivity contribution in [2.45, 2.75) is 30.0 Å². The van der Waals surface area contributed by atoms with E-state index in [9.17, 15) is 70.2 Å². The molecule has 0 aliphatic heterocycles. The van der Waals surface area contributed by atoms with Gasteiger partial charge >= 0.3 is 54.2 Å². The van der Waals surface area contributed by atoms with E-state index in [1.54, 1.807) is 9.47 Å². The van der Waals surface area contributed by atoms with Gasteiger partial charge < -0.3 is 9.47 Å². The number of alkyl halides is 10. The Morgan fingerprint density at radius 3 is 0.815 bits per heavy atom. The van der Waals surface area contributed by atoms with Crippen LogP contribution in [0.5, 0.6) is 0 Å². The zero-order valence-electron chi connectivity index (χ0n) is 11.4. The number of ether oxygens (including phenoxy) is 2. The highest BCUT2D eigenvalue weighted by Crippen LogP contribution is 2.58. The molecular weight excluding hydrogens is 444 g/mol. The first-order chi connectivity index (χ1) is 11.7. The molecular formula is C9F16O2. The van der Waals surface area contributed by atoms with Crippen LogP contribution >= 0.6 is 0 Å². The average molecular weight is 444 g/mol. The number of hydrogen-bond donors (Lipinski definition) is 0. The fourth-order valence-electron chi connectivity index (χ4n) is 0.993. The van der Waals surface area contributed by atoms with E-state index in [2.05, 4.69) is 0 Å². The van der Waals surface area contributed by atoms with Gasteiger partial charge in [-0.25, -0.2) is 0 Å². The molecule has 0 N–H and O–H groups in total. The molecule has 0 saturated carbocycles. The second-order valence-electron chi connectivity index (χ2n) is 4.03. The Morgan fingerprint density at radius 1 is 0.407 bits per heavy atom. The van der Waals surface area contributed by atoms with Crippen LogP contribution in [0.4, 0.5) is 70.2 Å². The van der Waals surface area contributed by atoms with Crippen LogP contribution in [0.3, 0.4) is 0 Å². The topological polar surface area (TPSA) is 18.5 Å². The van der Waals surface area contributed by atoms with Crippen LogP contribution in [0, 0.1) is 0 Å². The van der Waals surface area contributed by atoms with Gasteiger partial charge in [-0.15, -0.1) is 0 Å². The summed E-state index contributed by atoms with van der Waals surface area (Å²) in [5.74, 6) is -23.9. The first-order valence-corrected chi connectivity index (χ1v) is 5.34. The molecule has 0 saturated heterocycles. The molecule has 0 bridgehead atoms. The molecule has 0 unspecified atom stereocenters. The molecule has 0 aliphatic carbocycles. The van der Waals surface area contributed by atoms with E-state index in [0.717, 1.165) is 0 Å². The van der Waals surface area contributed by atoms with Crippen LogP contribution < -0.4 is 0 Å². The third-order valence-corrected chi connectivity index (χ3v) is 2.25. The minimum Gasteiger partial charge on any atom is -0.397 e. The molecule has 18 heteroatoms. The van der Waals surface area contributed by atoms with Crippen molar-refractivity contribution in [3.8, 4) is 0 Å². The number of hydrogen-bond acceptors (Lipinski definition) is 2. The average Bonchev–Trinajstić information content (AvgIpc) is 2.44. The summed E-state index contributed by atoms with van der Waals surface area (Å²) >= 11 is 0. The van der Waals surface area contributed by atoms with Crippen molar-refractivity contribution in [2.75, 3.05) is 0 Å². The Hall–Kier alpha value is -2.04. The summed E-state index contributed by atoms with van der Waals surface area (Å²) in [5.41, 5.74) is 0. The summed E-state index contributed by atoms with van der Waals surface area (Å²) in [7, 11) is 0. The van der Waals surface area contributed by atoms with Crippen LogP contribution in [0.2, 0.25) is 0 Å². The predicted molar refractivity (Wildman–Crippen MR) is 47.6 cm³/mol. The zero-order chi connectivity index (χ0) is 22.2. The second kappa shape index (κ2) is 7.17. The van der Waals surface area contributed by atoms with Gasteiger partial charge in [0.05, 0.1) is 0 Å². The summed E-state index contributed by atoms with van der Waals surface area (Å²) in [6.45, 7) is 0. The van der Waals surface area contributed by atoms with Gasteiger partial charge in [-0.05, 0) is 0 Å². The Balaban J connectivity index is 6.19. The van der Waals surface area contributed by atoms with Crippen molar-refractivity contribution in [3.63, 3.8) is 0 Å². The normalized spacial score (nSPS) is 13.9. The molecule has 0 aromatic rings. The molecule has 0 radical (unpaired) electrons. The van der Waals surface area contributed by atoms with Gasteiger partial charge in [0, 0.05) is 0 Å². The van der Waals surface area contributed by atoms with Crippen LogP contribution in [0.15, 0.2) is 24.2 Å². The zero-order valence-corrected chi connectivity index (χ0v) is 11.4. The lowest BCUT2D eigenvalue weighted by atomic mass is 10.0. The molecule has 0 fully saturated rings. The first kappa shape index (κ1) is 25.0. The van der Waals surface area contributed by atoms with Crippen molar-refractivity contribution in [3.05, 3.63) is 24.2 Å². The summed E-state index contributed by atoms with van der Waals surface area (Å²) in [5, 5.41) is 0. The van der Waals surface area contributed by atoms with Crippen LogP contribution in [0.1, 0.15) is 0 Å². The van der Waals surface area contributed by atoms with Crippen molar-refractivity contribution >= 4 is 0 Å². The lowest BCUT2D eigenvalue weighted by molar-refractivity contribution is -0.466. The predicted octanol–water partition coefficient (Wildman–Crippen LogP) is 6.18. The van der Waals surface area contributed by atoms with E-state index < -0.39 is 54.2 Å². The molecule has 0 spiro atoms. The van der Waals surface area contributed by atoms with E-state index in [1.807, 2.05) is 0 Å². The lowest BCUT2D eigenvalue weighted by Crippen LogP contribution is -2.68. The van der Waals surface area contributed by atoms with Gasteiger partial charge in [0.1, 0.15) is 0 Å². The quantitative estimate of drug-likeness (QED) is 0.329. The molecule has 27 heavy (non-hydrogen) atoms.